The molecule has 1 aliphatic rings. The van der Waals surface area contributed by atoms with Gasteiger partial charge >= 0.3 is 0 Å². The Balaban J connectivity index is 2.09. The number of rotatable bonds is 2. The van der Waals surface area contributed by atoms with Gasteiger partial charge in [-0.05, 0) is 25.0 Å². The number of carbonyl (C=O) groups is 1. The van der Waals surface area contributed by atoms with Gasteiger partial charge in [0.2, 0.25) is 0 Å². The summed E-state index contributed by atoms with van der Waals surface area (Å²) in [5, 5.41) is 2.86. The fourth-order valence-corrected chi connectivity index (χ4v) is 4.05. The fourth-order valence-electron chi connectivity index (χ4n) is 1.98. The summed E-state index contributed by atoms with van der Waals surface area (Å²) in [5.74, 6) is -0.281. The summed E-state index contributed by atoms with van der Waals surface area (Å²) in [4.78, 5) is 15.8. The minimum atomic E-state index is -3.06. The minimum absolute atomic E-state index is 0.00339. The van der Waals surface area contributed by atoms with Crippen molar-refractivity contribution in [1.29, 1.82) is 0 Å². The number of aromatic nitrogens is 1. The second kappa shape index (κ2) is 5.64. The number of sulfone groups is 1. The van der Waals surface area contributed by atoms with Crippen LogP contribution in [0.2, 0.25) is 10.3 Å². The first-order valence-electron chi connectivity index (χ1n) is 5.71. The maximum Gasteiger partial charge on any atom is 0.254 e. The molecule has 19 heavy (non-hydrogen) atoms. The Morgan fingerprint density at radius 3 is 2.74 bits per heavy atom. The van der Waals surface area contributed by atoms with Crippen LogP contribution in [0.1, 0.15) is 23.2 Å². The molecule has 0 saturated carbocycles. The molecule has 0 radical (unpaired) electrons. The van der Waals surface area contributed by atoms with E-state index in [0.29, 0.717) is 12.8 Å². The van der Waals surface area contributed by atoms with Gasteiger partial charge in [0.05, 0.1) is 17.1 Å². The topological polar surface area (TPSA) is 76.1 Å². The van der Waals surface area contributed by atoms with Crippen LogP contribution in [0, 0.1) is 0 Å². The van der Waals surface area contributed by atoms with Crippen molar-refractivity contribution in [2.24, 2.45) is 0 Å². The van der Waals surface area contributed by atoms with Crippen LogP contribution in [0.5, 0.6) is 0 Å². The first-order valence-corrected chi connectivity index (χ1v) is 8.28. The third-order valence-electron chi connectivity index (χ3n) is 2.86. The molecule has 1 saturated heterocycles. The second-order valence-electron chi connectivity index (χ2n) is 4.40. The van der Waals surface area contributed by atoms with E-state index in [-0.39, 0.29) is 33.4 Å². The number of nitrogens with one attached hydrogen (secondary N) is 1. The molecule has 0 aliphatic carbocycles. The molecule has 1 fully saturated rings. The maximum atomic E-state index is 12.0. The lowest BCUT2D eigenvalue weighted by atomic mass is 10.1. The van der Waals surface area contributed by atoms with E-state index in [0.717, 1.165) is 0 Å². The molecule has 104 valence electrons. The van der Waals surface area contributed by atoms with Crippen LogP contribution in [-0.4, -0.2) is 36.9 Å². The number of halogens is 2. The Morgan fingerprint density at radius 1 is 1.37 bits per heavy atom. The van der Waals surface area contributed by atoms with E-state index in [9.17, 15) is 13.2 Å². The van der Waals surface area contributed by atoms with Gasteiger partial charge in [-0.3, -0.25) is 4.79 Å². The molecule has 1 unspecified atom stereocenters. The summed E-state index contributed by atoms with van der Waals surface area (Å²) < 4.78 is 23.0. The Kier molecular flexibility index (Phi) is 4.32. The Bertz CT molecular complexity index is 604. The average molecular weight is 323 g/mol. The summed E-state index contributed by atoms with van der Waals surface area (Å²) in [6, 6.07) is 2.54. The van der Waals surface area contributed by atoms with Crippen molar-refractivity contribution in [2.45, 2.75) is 18.9 Å². The highest BCUT2D eigenvalue weighted by atomic mass is 35.5. The highest BCUT2D eigenvalue weighted by Gasteiger charge is 2.26. The maximum absolute atomic E-state index is 12.0. The van der Waals surface area contributed by atoms with Crippen LogP contribution in [0.25, 0.3) is 0 Å². The van der Waals surface area contributed by atoms with Gasteiger partial charge in [0.1, 0.15) is 10.3 Å². The van der Waals surface area contributed by atoms with Gasteiger partial charge in [-0.2, -0.15) is 0 Å². The van der Waals surface area contributed by atoms with Crippen LogP contribution in [-0.2, 0) is 9.84 Å². The molecule has 0 aromatic carbocycles. The largest absolute Gasteiger partial charge is 0.348 e. The third-order valence-corrected chi connectivity index (χ3v) is 5.18. The normalized spacial score (nSPS) is 21.9. The van der Waals surface area contributed by atoms with E-state index in [1.807, 2.05) is 0 Å². The van der Waals surface area contributed by atoms with Crippen molar-refractivity contribution in [3.8, 4) is 0 Å². The van der Waals surface area contributed by atoms with E-state index < -0.39 is 15.7 Å². The van der Waals surface area contributed by atoms with Crippen molar-refractivity contribution in [2.75, 3.05) is 11.5 Å². The monoisotopic (exact) mass is 322 g/mol. The first-order chi connectivity index (χ1) is 8.87. The van der Waals surface area contributed by atoms with Gasteiger partial charge in [0, 0.05) is 6.04 Å². The van der Waals surface area contributed by atoms with Gasteiger partial charge in [-0.25, -0.2) is 13.4 Å². The Morgan fingerprint density at radius 2 is 2.11 bits per heavy atom. The predicted octanol–water partition coefficient (Wildman–Crippen LogP) is 1.70. The zero-order valence-corrected chi connectivity index (χ0v) is 12.2. The SMILES string of the molecule is O=C(NC1CCCS(=O)(=O)C1)c1ccc(Cl)nc1Cl. The molecule has 1 atom stereocenters. The molecule has 0 bridgehead atoms. The molecule has 5 nitrogen and oxygen atoms in total. The van der Waals surface area contributed by atoms with Crippen LogP contribution in [0.4, 0.5) is 0 Å². The van der Waals surface area contributed by atoms with Gasteiger partial charge in [-0.1, -0.05) is 23.2 Å². The average Bonchev–Trinajstić information content (AvgIpc) is 2.27. The standard InChI is InChI=1S/C11H12Cl2N2O3S/c12-9-4-3-8(10(13)15-9)11(16)14-7-2-1-5-19(17,18)6-7/h3-4,7H,1-2,5-6H2,(H,14,16). The molecule has 1 N–H and O–H groups in total. The summed E-state index contributed by atoms with van der Waals surface area (Å²) >= 11 is 11.5. The summed E-state index contributed by atoms with van der Waals surface area (Å²) in [6.07, 6.45) is 1.20. The molecule has 1 amide bonds. The molecule has 1 aliphatic heterocycles. The fraction of sp³-hybridized carbons (Fsp3) is 0.455. The van der Waals surface area contributed by atoms with Gasteiger partial charge in [-0.15, -0.1) is 0 Å². The lowest BCUT2D eigenvalue weighted by molar-refractivity contribution is 0.0938. The zero-order valence-electron chi connectivity index (χ0n) is 9.90. The van der Waals surface area contributed by atoms with E-state index in [1.54, 1.807) is 0 Å². The minimum Gasteiger partial charge on any atom is -0.348 e. The van der Waals surface area contributed by atoms with E-state index >= 15 is 0 Å². The van der Waals surface area contributed by atoms with Crippen molar-refractivity contribution < 1.29 is 13.2 Å². The lowest BCUT2D eigenvalue weighted by Gasteiger charge is -2.23. The van der Waals surface area contributed by atoms with E-state index in [2.05, 4.69) is 10.3 Å². The second-order valence-corrected chi connectivity index (χ2v) is 7.37. The Hall–Kier alpha value is -0.850. The van der Waals surface area contributed by atoms with Crippen LogP contribution in [0.15, 0.2) is 12.1 Å². The lowest BCUT2D eigenvalue weighted by Crippen LogP contribution is -2.43. The number of amides is 1. The molecule has 0 spiro atoms. The zero-order chi connectivity index (χ0) is 14.0. The highest BCUT2D eigenvalue weighted by molar-refractivity contribution is 7.91. The highest BCUT2D eigenvalue weighted by Crippen LogP contribution is 2.18. The van der Waals surface area contributed by atoms with Crippen molar-refractivity contribution in [3.63, 3.8) is 0 Å². The molecule has 2 rings (SSSR count). The Labute approximate surface area is 121 Å². The van der Waals surface area contributed by atoms with Gasteiger partial charge in [0.15, 0.2) is 9.84 Å². The first kappa shape index (κ1) is 14.6. The quantitative estimate of drug-likeness (QED) is 0.841. The number of hydrogen-bond acceptors (Lipinski definition) is 4. The van der Waals surface area contributed by atoms with Crippen molar-refractivity contribution in [1.82, 2.24) is 10.3 Å². The number of hydrogen-bond donors (Lipinski definition) is 1. The molecule has 1 aromatic rings. The molecular weight excluding hydrogens is 311 g/mol. The number of nitrogens with zero attached hydrogens (tertiary/aromatic N) is 1. The number of carbonyl (C=O) groups excluding carboxylic acids is 1. The van der Waals surface area contributed by atoms with E-state index in [1.165, 1.54) is 12.1 Å². The number of pyridine rings is 1. The third kappa shape index (κ3) is 3.81. The van der Waals surface area contributed by atoms with E-state index in [4.69, 9.17) is 23.2 Å². The summed E-state index contributed by atoms with van der Waals surface area (Å²) in [5.41, 5.74) is 0.189. The van der Waals surface area contributed by atoms with Gasteiger partial charge in [0.25, 0.3) is 5.91 Å². The predicted molar refractivity (Wildman–Crippen MR) is 73.4 cm³/mol. The molecule has 1 aromatic heterocycles. The summed E-state index contributed by atoms with van der Waals surface area (Å²) in [7, 11) is -3.06. The van der Waals surface area contributed by atoms with Crippen LogP contribution < -0.4 is 5.32 Å². The molecular formula is C11H12Cl2N2O3S. The smallest absolute Gasteiger partial charge is 0.254 e. The molecule has 8 heteroatoms. The van der Waals surface area contributed by atoms with Gasteiger partial charge < -0.3 is 5.32 Å². The van der Waals surface area contributed by atoms with Crippen molar-refractivity contribution in [3.05, 3.63) is 28.0 Å². The van der Waals surface area contributed by atoms with Crippen LogP contribution >= 0.6 is 23.2 Å². The van der Waals surface area contributed by atoms with Crippen LogP contribution in [0.3, 0.4) is 0 Å². The summed E-state index contributed by atoms with van der Waals surface area (Å²) in [6.45, 7) is 0. The molecule has 2 heterocycles. The van der Waals surface area contributed by atoms with Crippen molar-refractivity contribution >= 4 is 38.9 Å².